The summed E-state index contributed by atoms with van der Waals surface area (Å²) in [7, 11) is 2.09. The quantitative estimate of drug-likeness (QED) is 0.821. The summed E-state index contributed by atoms with van der Waals surface area (Å²) in [5, 5.41) is 3.21. The highest BCUT2D eigenvalue weighted by atomic mass is 35.5. The number of amides is 1. The van der Waals surface area contributed by atoms with Crippen molar-refractivity contribution in [3.8, 4) is 0 Å². The molecule has 0 spiro atoms. The summed E-state index contributed by atoms with van der Waals surface area (Å²) in [6.07, 6.45) is 0. The molecule has 26 heavy (non-hydrogen) atoms. The Morgan fingerprint density at radius 2 is 1.65 bits per heavy atom. The number of hydrogen-bond donors (Lipinski definition) is 1. The van der Waals surface area contributed by atoms with E-state index in [0.29, 0.717) is 28.4 Å². The highest BCUT2D eigenvalue weighted by Crippen LogP contribution is 2.18. The molecule has 0 radical (unpaired) electrons. The molecule has 1 amide bonds. The van der Waals surface area contributed by atoms with E-state index < -0.39 is 0 Å². The number of halogens is 1. The second-order valence-corrected chi connectivity index (χ2v) is 6.92. The fraction of sp³-hybridized carbons (Fsp3) is 0.300. The minimum absolute atomic E-state index is 0.0959. The number of piperazine rings is 1. The summed E-state index contributed by atoms with van der Waals surface area (Å²) in [5.74, 6) is -0.175. The standard InChI is InChI=1S/C20H22ClN3O2/c1-23-10-12-24(13-11-23)14-19(25)15-6-8-16(9-7-15)22-20(26)17-4-2-3-5-18(17)21/h2-9H,10-14H2,1H3,(H,22,26). The van der Waals surface area contributed by atoms with Crippen LogP contribution in [0.1, 0.15) is 20.7 Å². The van der Waals surface area contributed by atoms with Crippen molar-refractivity contribution in [2.24, 2.45) is 0 Å². The van der Waals surface area contributed by atoms with Gasteiger partial charge in [0.05, 0.1) is 17.1 Å². The molecule has 6 heteroatoms. The smallest absolute Gasteiger partial charge is 0.257 e. The number of Topliss-reactive ketones (excluding diaryl/α,β-unsaturated/α-hetero) is 1. The summed E-state index contributed by atoms with van der Waals surface area (Å²) in [6.45, 7) is 4.22. The van der Waals surface area contributed by atoms with Crippen LogP contribution in [0, 0.1) is 0 Å². The molecular formula is C20H22ClN3O2. The molecule has 1 aliphatic heterocycles. The van der Waals surface area contributed by atoms with Gasteiger partial charge in [0.2, 0.25) is 0 Å². The van der Waals surface area contributed by atoms with Crippen LogP contribution in [-0.2, 0) is 0 Å². The van der Waals surface area contributed by atoms with Gasteiger partial charge in [-0.2, -0.15) is 0 Å². The molecule has 0 saturated carbocycles. The lowest BCUT2D eigenvalue weighted by molar-refractivity contribution is 0.0876. The van der Waals surface area contributed by atoms with Crippen LogP contribution in [0.2, 0.25) is 5.02 Å². The topological polar surface area (TPSA) is 52.6 Å². The van der Waals surface area contributed by atoms with Crippen molar-refractivity contribution in [2.45, 2.75) is 0 Å². The summed E-state index contributed by atoms with van der Waals surface area (Å²) >= 11 is 6.04. The predicted octanol–water partition coefficient (Wildman–Crippen LogP) is 3.02. The van der Waals surface area contributed by atoms with E-state index in [1.165, 1.54) is 0 Å². The molecule has 0 atom stereocenters. The molecule has 0 bridgehead atoms. The van der Waals surface area contributed by atoms with Crippen LogP contribution in [-0.4, -0.2) is 61.3 Å². The van der Waals surface area contributed by atoms with Gasteiger partial charge in [-0.1, -0.05) is 23.7 Å². The van der Waals surface area contributed by atoms with Crippen molar-refractivity contribution in [2.75, 3.05) is 45.1 Å². The molecule has 5 nitrogen and oxygen atoms in total. The molecule has 1 saturated heterocycles. The molecule has 3 rings (SSSR count). The predicted molar refractivity (Wildman–Crippen MR) is 104 cm³/mol. The third-order valence-electron chi connectivity index (χ3n) is 4.55. The van der Waals surface area contributed by atoms with E-state index in [1.54, 1.807) is 48.5 Å². The Kier molecular flexibility index (Phi) is 6.04. The Morgan fingerprint density at radius 1 is 1.00 bits per heavy atom. The maximum Gasteiger partial charge on any atom is 0.257 e. The minimum atomic E-state index is -0.271. The average molecular weight is 372 g/mol. The van der Waals surface area contributed by atoms with Crippen LogP contribution in [0.25, 0.3) is 0 Å². The van der Waals surface area contributed by atoms with Gasteiger partial charge >= 0.3 is 0 Å². The van der Waals surface area contributed by atoms with Gasteiger partial charge in [-0.3, -0.25) is 14.5 Å². The van der Waals surface area contributed by atoms with E-state index in [1.807, 2.05) is 0 Å². The Morgan fingerprint density at radius 3 is 2.31 bits per heavy atom. The zero-order valence-electron chi connectivity index (χ0n) is 14.7. The number of likely N-dealkylation sites (N-methyl/N-ethyl adjacent to an activating group) is 1. The van der Waals surface area contributed by atoms with Crippen LogP contribution in [0.15, 0.2) is 48.5 Å². The Bertz CT molecular complexity index is 784. The molecule has 0 aliphatic carbocycles. The lowest BCUT2D eigenvalue weighted by atomic mass is 10.1. The molecule has 1 heterocycles. The van der Waals surface area contributed by atoms with Crippen LogP contribution < -0.4 is 5.32 Å². The lowest BCUT2D eigenvalue weighted by Gasteiger charge is -2.31. The van der Waals surface area contributed by atoms with E-state index in [0.717, 1.165) is 26.2 Å². The summed E-state index contributed by atoms with van der Waals surface area (Å²) < 4.78 is 0. The molecule has 0 unspecified atom stereocenters. The Labute approximate surface area is 158 Å². The molecule has 0 aromatic heterocycles. The van der Waals surface area contributed by atoms with Gasteiger partial charge in [0.1, 0.15) is 0 Å². The minimum Gasteiger partial charge on any atom is -0.322 e. The first-order valence-electron chi connectivity index (χ1n) is 8.63. The van der Waals surface area contributed by atoms with Crippen molar-refractivity contribution >= 4 is 29.0 Å². The molecule has 1 N–H and O–H groups in total. The molecule has 136 valence electrons. The second kappa shape index (κ2) is 8.45. The van der Waals surface area contributed by atoms with Crippen LogP contribution >= 0.6 is 11.6 Å². The van der Waals surface area contributed by atoms with Gasteiger partial charge in [0.25, 0.3) is 5.91 Å². The molecule has 1 fully saturated rings. The maximum atomic E-state index is 12.4. The highest BCUT2D eigenvalue weighted by molar-refractivity contribution is 6.34. The third kappa shape index (κ3) is 4.69. The van der Waals surface area contributed by atoms with Crippen LogP contribution in [0.3, 0.4) is 0 Å². The van der Waals surface area contributed by atoms with Crippen molar-refractivity contribution in [1.82, 2.24) is 9.80 Å². The number of rotatable bonds is 5. The maximum absolute atomic E-state index is 12.4. The van der Waals surface area contributed by atoms with Crippen molar-refractivity contribution < 1.29 is 9.59 Å². The fourth-order valence-electron chi connectivity index (χ4n) is 2.88. The summed E-state index contributed by atoms with van der Waals surface area (Å²) in [4.78, 5) is 29.1. The van der Waals surface area contributed by atoms with E-state index in [-0.39, 0.29) is 11.7 Å². The average Bonchev–Trinajstić information content (AvgIpc) is 2.64. The van der Waals surface area contributed by atoms with Gasteiger partial charge in [0, 0.05) is 37.4 Å². The monoisotopic (exact) mass is 371 g/mol. The molecular weight excluding hydrogens is 350 g/mol. The fourth-order valence-corrected chi connectivity index (χ4v) is 3.11. The Hall–Kier alpha value is -2.21. The van der Waals surface area contributed by atoms with Gasteiger partial charge in [-0.25, -0.2) is 0 Å². The summed E-state index contributed by atoms with van der Waals surface area (Å²) in [6, 6.07) is 13.9. The number of carbonyl (C=O) groups is 2. The van der Waals surface area contributed by atoms with Gasteiger partial charge in [-0.05, 0) is 43.4 Å². The number of ketones is 1. The number of hydrogen-bond acceptors (Lipinski definition) is 4. The van der Waals surface area contributed by atoms with Crippen LogP contribution in [0.4, 0.5) is 5.69 Å². The van der Waals surface area contributed by atoms with E-state index in [4.69, 9.17) is 11.6 Å². The number of benzene rings is 2. The van der Waals surface area contributed by atoms with E-state index >= 15 is 0 Å². The van der Waals surface area contributed by atoms with E-state index in [2.05, 4.69) is 22.2 Å². The van der Waals surface area contributed by atoms with E-state index in [9.17, 15) is 9.59 Å². The number of anilines is 1. The number of nitrogens with zero attached hydrogens (tertiary/aromatic N) is 2. The molecule has 2 aromatic rings. The van der Waals surface area contributed by atoms with Crippen molar-refractivity contribution in [1.29, 1.82) is 0 Å². The SMILES string of the molecule is CN1CCN(CC(=O)c2ccc(NC(=O)c3ccccc3Cl)cc2)CC1. The molecule has 2 aromatic carbocycles. The first kappa shape index (κ1) is 18.6. The first-order chi connectivity index (χ1) is 12.5. The zero-order chi connectivity index (χ0) is 18.5. The normalized spacial score (nSPS) is 15.6. The van der Waals surface area contributed by atoms with Gasteiger partial charge in [0.15, 0.2) is 5.78 Å². The van der Waals surface area contributed by atoms with Gasteiger partial charge < -0.3 is 10.2 Å². The number of nitrogens with one attached hydrogen (secondary N) is 1. The largest absolute Gasteiger partial charge is 0.322 e. The highest BCUT2D eigenvalue weighted by Gasteiger charge is 2.17. The second-order valence-electron chi connectivity index (χ2n) is 6.51. The Balaban J connectivity index is 1.58. The summed E-state index contributed by atoms with van der Waals surface area (Å²) in [5.41, 5.74) is 1.70. The zero-order valence-corrected chi connectivity index (χ0v) is 15.5. The van der Waals surface area contributed by atoms with Crippen molar-refractivity contribution in [3.05, 3.63) is 64.7 Å². The van der Waals surface area contributed by atoms with Crippen LogP contribution in [0.5, 0.6) is 0 Å². The van der Waals surface area contributed by atoms with Crippen molar-refractivity contribution in [3.63, 3.8) is 0 Å². The van der Waals surface area contributed by atoms with Gasteiger partial charge in [-0.15, -0.1) is 0 Å². The first-order valence-corrected chi connectivity index (χ1v) is 9.01. The lowest BCUT2D eigenvalue weighted by Crippen LogP contribution is -2.46. The third-order valence-corrected chi connectivity index (χ3v) is 4.88. The molecule has 1 aliphatic rings. The number of carbonyl (C=O) groups excluding carboxylic acids is 2.